The Balaban J connectivity index is 2.10. The number of rotatable bonds is 4. The fourth-order valence-corrected chi connectivity index (χ4v) is 1.61. The maximum Gasteiger partial charge on any atom is 0.214 e. The van der Waals surface area contributed by atoms with E-state index in [1.807, 2.05) is 25.1 Å². The van der Waals surface area contributed by atoms with E-state index in [4.69, 9.17) is 12.2 Å². The van der Waals surface area contributed by atoms with Crippen LogP contribution in [0, 0.1) is 4.77 Å². The predicted octanol–water partition coefficient (Wildman–Crippen LogP) is 1.64. The van der Waals surface area contributed by atoms with Crippen LogP contribution in [0.1, 0.15) is 18.4 Å². The summed E-state index contributed by atoms with van der Waals surface area (Å²) in [5, 5.41) is 6.87. The number of nitrogens with one attached hydrogen (secondary N) is 2. The third kappa shape index (κ3) is 2.27. The van der Waals surface area contributed by atoms with Crippen LogP contribution in [-0.2, 0) is 13.0 Å². The molecule has 0 aliphatic heterocycles. The standard InChI is InChI=1S/C10H13N5S/c1-2-9-13-14-10(16)15(9)12-7-8-5-3-4-6-11-8/h3-6,12H,2,7H2,1H3,(H,14,16). The SMILES string of the molecule is CCc1n[nH]c(=S)n1NCc1ccccn1. The molecule has 0 spiro atoms. The second kappa shape index (κ2) is 4.89. The Labute approximate surface area is 98.5 Å². The van der Waals surface area contributed by atoms with Crippen molar-refractivity contribution in [1.29, 1.82) is 0 Å². The van der Waals surface area contributed by atoms with E-state index in [1.165, 1.54) is 0 Å². The molecule has 0 saturated heterocycles. The molecule has 0 radical (unpaired) electrons. The van der Waals surface area contributed by atoms with Crippen LogP contribution in [0.2, 0.25) is 0 Å². The molecule has 2 N–H and O–H groups in total. The molecule has 0 fully saturated rings. The molecule has 0 saturated carbocycles. The van der Waals surface area contributed by atoms with Gasteiger partial charge in [0.05, 0.1) is 12.2 Å². The number of pyridine rings is 1. The zero-order chi connectivity index (χ0) is 11.4. The topological polar surface area (TPSA) is 58.5 Å². The van der Waals surface area contributed by atoms with Crippen LogP contribution in [0.3, 0.4) is 0 Å². The molecule has 6 heteroatoms. The minimum atomic E-state index is 0.577. The van der Waals surface area contributed by atoms with Gasteiger partial charge in [0, 0.05) is 12.6 Å². The average molecular weight is 235 g/mol. The van der Waals surface area contributed by atoms with Crippen molar-refractivity contribution in [3.63, 3.8) is 0 Å². The highest BCUT2D eigenvalue weighted by Gasteiger charge is 2.02. The zero-order valence-corrected chi connectivity index (χ0v) is 9.79. The molecule has 16 heavy (non-hydrogen) atoms. The number of aryl methyl sites for hydroxylation is 1. The molecular formula is C10H13N5S. The van der Waals surface area contributed by atoms with E-state index in [9.17, 15) is 0 Å². The van der Waals surface area contributed by atoms with Crippen molar-refractivity contribution in [2.45, 2.75) is 19.9 Å². The summed E-state index contributed by atoms with van der Waals surface area (Å²) in [6.45, 7) is 2.66. The molecule has 2 aromatic heterocycles. The maximum atomic E-state index is 5.12. The summed E-state index contributed by atoms with van der Waals surface area (Å²) in [6, 6.07) is 5.81. The Kier molecular flexibility index (Phi) is 3.31. The van der Waals surface area contributed by atoms with Crippen molar-refractivity contribution in [2.24, 2.45) is 0 Å². The van der Waals surface area contributed by atoms with Gasteiger partial charge in [0.1, 0.15) is 0 Å². The molecular weight excluding hydrogens is 222 g/mol. The Morgan fingerprint density at radius 1 is 1.50 bits per heavy atom. The van der Waals surface area contributed by atoms with E-state index < -0.39 is 0 Å². The van der Waals surface area contributed by atoms with Gasteiger partial charge in [-0.25, -0.2) is 4.68 Å². The highest BCUT2D eigenvalue weighted by Crippen LogP contribution is 1.98. The van der Waals surface area contributed by atoms with Gasteiger partial charge in [0.25, 0.3) is 0 Å². The first-order chi connectivity index (χ1) is 7.81. The normalized spacial score (nSPS) is 10.3. The highest BCUT2D eigenvalue weighted by molar-refractivity contribution is 7.71. The molecule has 0 aliphatic rings. The molecule has 0 aromatic carbocycles. The third-order valence-electron chi connectivity index (χ3n) is 2.20. The fraction of sp³-hybridized carbons (Fsp3) is 0.300. The summed E-state index contributed by atoms with van der Waals surface area (Å²) >= 11 is 5.12. The first kappa shape index (κ1) is 10.8. The number of hydrogen-bond donors (Lipinski definition) is 2. The number of aromatic amines is 1. The Hall–Kier alpha value is -1.69. The maximum absolute atomic E-state index is 5.12. The Morgan fingerprint density at radius 2 is 2.38 bits per heavy atom. The summed E-state index contributed by atoms with van der Waals surface area (Å²) in [6.07, 6.45) is 2.59. The van der Waals surface area contributed by atoms with Gasteiger partial charge >= 0.3 is 0 Å². The van der Waals surface area contributed by atoms with Gasteiger partial charge in [-0.2, -0.15) is 5.10 Å². The number of nitrogens with zero attached hydrogens (tertiary/aromatic N) is 3. The first-order valence-corrected chi connectivity index (χ1v) is 5.52. The van der Waals surface area contributed by atoms with Crippen LogP contribution >= 0.6 is 12.2 Å². The monoisotopic (exact) mass is 235 g/mol. The molecule has 84 valence electrons. The van der Waals surface area contributed by atoms with Crippen LogP contribution in [0.4, 0.5) is 0 Å². The van der Waals surface area contributed by atoms with Gasteiger partial charge in [0.15, 0.2) is 5.82 Å². The van der Waals surface area contributed by atoms with Crippen LogP contribution in [0.5, 0.6) is 0 Å². The quantitative estimate of drug-likeness (QED) is 0.791. The first-order valence-electron chi connectivity index (χ1n) is 5.11. The second-order valence-corrected chi connectivity index (χ2v) is 3.68. The van der Waals surface area contributed by atoms with Crippen molar-refractivity contribution in [1.82, 2.24) is 19.9 Å². The molecule has 2 heterocycles. The number of aromatic nitrogens is 4. The molecule has 5 nitrogen and oxygen atoms in total. The lowest BCUT2D eigenvalue weighted by molar-refractivity contribution is 0.755. The van der Waals surface area contributed by atoms with E-state index in [0.717, 1.165) is 17.9 Å². The summed E-state index contributed by atoms with van der Waals surface area (Å²) in [7, 11) is 0. The molecule has 0 atom stereocenters. The summed E-state index contributed by atoms with van der Waals surface area (Å²) in [5.74, 6) is 0.890. The van der Waals surface area contributed by atoms with E-state index in [1.54, 1.807) is 10.9 Å². The van der Waals surface area contributed by atoms with E-state index in [-0.39, 0.29) is 0 Å². The minimum absolute atomic E-state index is 0.577. The van der Waals surface area contributed by atoms with Crippen molar-refractivity contribution < 1.29 is 0 Å². The highest BCUT2D eigenvalue weighted by atomic mass is 32.1. The van der Waals surface area contributed by atoms with Crippen LogP contribution in [0.25, 0.3) is 0 Å². The lowest BCUT2D eigenvalue weighted by Crippen LogP contribution is -2.17. The predicted molar refractivity (Wildman–Crippen MR) is 64.1 cm³/mol. The van der Waals surface area contributed by atoms with Crippen molar-refractivity contribution in [3.05, 3.63) is 40.7 Å². The van der Waals surface area contributed by atoms with Gasteiger partial charge < -0.3 is 5.43 Å². The summed E-state index contributed by atoms with van der Waals surface area (Å²) < 4.78 is 2.36. The van der Waals surface area contributed by atoms with Crippen LogP contribution in [-0.4, -0.2) is 19.9 Å². The number of hydrogen-bond acceptors (Lipinski definition) is 4. The van der Waals surface area contributed by atoms with Gasteiger partial charge in [-0.1, -0.05) is 13.0 Å². The lowest BCUT2D eigenvalue weighted by atomic mass is 10.3. The zero-order valence-electron chi connectivity index (χ0n) is 8.97. The fourth-order valence-electron chi connectivity index (χ4n) is 1.39. The largest absolute Gasteiger partial charge is 0.316 e. The van der Waals surface area contributed by atoms with Gasteiger partial charge in [0.2, 0.25) is 4.77 Å². The van der Waals surface area contributed by atoms with Crippen molar-refractivity contribution >= 4 is 12.2 Å². The molecule has 0 aliphatic carbocycles. The number of H-pyrrole nitrogens is 1. The van der Waals surface area contributed by atoms with E-state index >= 15 is 0 Å². The minimum Gasteiger partial charge on any atom is -0.316 e. The van der Waals surface area contributed by atoms with Crippen LogP contribution < -0.4 is 5.43 Å². The lowest BCUT2D eigenvalue weighted by Gasteiger charge is -2.08. The smallest absolute Gasteiger partial charge is 0.214 e. The summed E-state index contributed by atoms with van der Waals surface area (Å²) in [4.78, 5) is 4.22. The third-order valence-corrected chi connectivity index (χ3v) is 2.48. The molecule has 2 rings (SSSR count). The Morgan fingerprint density at radius 3 is 3.06 bits per heavy atom. The van der Waals surface area contributed by atoms with Gasteiger partial charge in [-0.05, 0) is 24.4 Å². The molecule has 2 aromatic rings. The Bertz CT molecular complexity index is 501. The molecule has 0 bridgehead atoms. The van der Waals surface area contributed by atoms with E-state index in [0.29, 0.717) is 11.3 Å². The molecule has 0 unspecified atom stereocenters. The van der Waals surface area contributed by atoms with E-state index in [2.05, 4.69) is 20.6 Å². The van der Waals surface area contributed by atoms with Crippen LogP contribution in [0.15, 0.2) is 24.4 Å². The van der Waals surface area contributed by atoms with Gasteiger partial charge in [-0.3, -0.25) is 10.1 Å². The molecule has 0 amide bonds. The average Bonchev–Trinajstić information content (AvgIpc) is 2.69. The summed E-state index contributed by atoms with van der Waals surface area (Å²) in [5.41, 5.74) is 4.15. The van der Waals surface area contributed by atoms with Gasteiger partial charge in [-0.15, -0.1) is 0 Å². The second-order valence-electron chi connectivity index (χ2n) is 3.29. The van der Waals surface area contributed by atoms with Crippen molar-refractivity contribution in [2.75, 3.05) is 5.43 Å². The van der Waals surface area contributed by atoms with Crippen molar-refractivity contribution in [3.8, 4) is 0 Å².